The lowest BCUT2D eigenvalue weighted by atomic mass is 9.82. The van der Waals surface area contributed by atoms with E-state index in [4.69, 9.17) is 14.2 Å². The molecule has 9 heteroatoms. The van der Waals surface area contributed by atoms with Crippen LogP contribution in [0.15, 0.2) is 30.5 Å². The number of ether oxygens (including phenoxy) is 3. The summed E-state index contributed by atoms with van der Waals surface area (Å²) in [6, 6.07) is 4.96. The lowest BCUT2D eigenvalue weighted by molar-refractivity contribution is -0.151. The standard InChI is InChI=1S/C25H31FN2O6/c1-13(2)21(19-9-8-18(26)12-14(19)3)16(5)33-25(31)15(4)28-24(30)22-23(34-17(6)29)20(32-7)10-11-27-22/h8-13,15-16,21H,1-7H3,(H,28,30)/t15-,16-,21?/m0/s1. The van der Waals surface area contributed by atoms with Gasteiger partial charge in [-0.2, -0.15) is 0 Å². The van der Waals surface area contributed by atoms with Gasteiger partial charge >= 0.3 is 11.9 Å². The summed E-state index contributed by atoms with van der Waals surface area (Å²) in [6.45, 7) is 10.2. The maximum atomic E-state index is 13.6. The monoisotopic (exact) mass is 474 g/mol. The lowest BCUT2D eigenvalue weighted by Crippen LogP contribution is -2.42. The van der Waals surface area contributed by atoms with Gasteiger partial charge in [0.1, 0.15) is 18.0 Å². The largest absolute Gasteiger partial charge is 0.493 e. The number of amides is 1. The fourth-order valence-electron chi connectivity index (χ4n) is 3.84. The molecule has 0 aliphatic heterocycles. The quantitative estimate of drug-likeness (QED) is 0.549. The summed E-state index contributed by atoms with van der Waals surface area (Å²) < 4.78 is 29.5. The van der Waals surface area contributed by atoms with Crippen LogP contribution in [0.1, 0.15) is 62.2 Å². The molecular weight excluding hydrogens is 443 g/mol. The van der Waals surface area contributed by atoms with Crippen LogP contribution in [-0.4, -0.2) is 42.1 Å². The summed E-state index contributed by atoms with van der Waals surface area (Å²) in [5.74, 6) is -2.44. The Morgan fingerprint density at radius 1 is 1.09 bits per heavy atom. The van der Waals surface area contributed by atoms with Crippen molar-refractivity contribution < 1.29 is 33.0 Å². The van der Waals surface area contributed by atoms with Crippen molar-refractivity contribution in [1.29, 1.82) is 0 Å². The molecule has 0 radical (unpaired) electrons. The Morgan fingerprint density at radius 3 is 2.32 bits per heavy atom. The SMILES string of the molecule is COc1ccnc(C(=O)N[C@@H](C)C(=O)O[C@@H](C)C(c2ccc(F)cc2C)C(C)C)c1OC(C)=O. The van der Waals surface area contributed by atoms with Crippen LogP contribution in [0.3, 0.4) is 0 Å². The highest BCUT2D eigenvalue weighted by atomic mass is 19.1. The summed E-state index contributed by atoms with van der Waals surface area (Å²) in [6.07, 6.45) is 0.784. The predicted molar refractivity (Wildman–Crippen MR) is 123 cm³/mol. The number of benzene rings is 1. The highest BCUT2D eigenvalue weighted by molar-refractivity contribution is 5.98. The molecule has 0 spiro atoms. The van der Waals surface area contributed by atoms with Gasteiger partial charge in [0.2, 0.25) is 5.75 Å². The third kappa shape index (κ3) is 6.52. The number of carbonyl (C=O) groups is 3. The molecule has 1 heterocycles. The van der Waals surface area contributed by atoms with Gasteiger partial charge in [0.05, 0.1) is 7.11 Å². The number of esters is 2. The molecule has 1 N–H and O–H groups in total. The van der Waals surface area contributed by atoms with Crippen molar-refractivity contribution in [3.05, 3.63) is 53.1 Å². The molecule has 1 unspecified atom stereocenters. The third-order valence-corrected chi connectivity index (χ3v) is 5.37. The van der Waals surface area contributed by atoms with Gasteiger partial charge in [0.15, 0.2) is 11.4 Å². The number of aryl methyl sites for hydroxylation is 1. The molecule has 0 fully saturated rings. The molecular formula is C25H31FN2O6. The third-order valence-electron chi connectivity index (χ3n) is 5.37. The van der Waals surface area contributed by atoms with Crippen LogP contribution in [0.4, 0.5) is 4.39 Å². The molecule has 0 bridgehead atoms. The van der Waals surface area contributed by atoms with Crippen molar-refractivity contribution in [3.63, 3.8) is 0 Å². The fraction of sp³-hybridized carbons (Fsp3) is 0.440. The van der Waals surface area contributed by atoms with E-state index in [1.54, 1.807) is 13.0 Å². The Morgan fingerprint density at radius 2 is 1.76 bits per heavy atom. The Balaban J connectivity index is 2.16. The van der Waals surface area contributed by atoms with Gasteiger partial charge in [0.25, 0.3) is 5.91 Å². The second-order valence-corrected chi connectivity index (χ2v) is 8.39. The summed E-state index contributed by atoms with van der Waals surface area (Å²) in [7, 11) is 1.36. The number of carbonyl (C=O) groups excluding carboxylic acids is 3. The van der Waals surface area contributed by atoms with Crippen molar-refractivity contribution in [2.24, 2.45) is 5.92 Å². The smallest absolute Gasteiger partial charge is 0.328 e. The van der Waals surface area contributed by atoms with E-state index in [2.05, 4.69) is 10.3 Å². The first-order valence-corrected chi connectivity index (χ1v) is 10.9. The zero-order valence-electron chi connectivity index (χ0n) is 20.5. The predicted octanol–water partition coefficient (Wildman–Crippen LogP) is 3.95. The number of nitrogens with zero attached hydrogens (tertiary/aromatic N) is 1. The maximum absolute atomic E-state index is 13.6. The van der Waals surface area contributed by atoms with Gasteiger partial charge < -0.3 is 19.5 Å². The second kappa shape index (κ2) is 11.6. The molecule has 0 saturated carbocycles. The summed E-state index contributed by atoms with van der Waals surface area (Å²) in [5.41, 5.74) is 1.45. The summed E-state index contributed by atoms with van der Waals surface area (Å²) >= 11 is 0. The van der Waals surface area contributed by atoms with Crippen LogP contribution in [-0.2, 0) is 14.3 Å². The Bertz CT molecular complexity index is 1060. The number of hydrogen-bond acceptors (Lipinski definition) is 7. The number of pyridine rings is 1. The lowest BCUT2D eigenvalue weighted by Gasteiger charge is -2.30. The Labute approximate surface area is 198 Å². The molecule has 1 amide bonds. The highest BCUT2D eigenvalue weighted by Crippen LogP contribution is 2.33. The topological polar surface area (TPSA) is 104 Å². The van der Waals surface area contributed by atoms with Gasteiger partial charge in [-0.15, -0.1) is 0 Å². The molecule has 34 heavy (non-hydrogen) atoms. The maximum Gasteiger partial charge on any atom is 0.328 e. The summed E-state index contributed by atoms with van der Waals surface area (Å²) in [4.78, 5) is 41.0. The molecule has 1 aromatic carbocycles. The average molecular weight is 475 g/mol. The number of hydrogen-bond donors (Lipinski definition) is 1. The van der Waals surface area contributed by atoms with Crippen LogP contribution in [0, 0.1) is 18.7 Å². The number of methoxy groups -OCH3 is 1. The van der Waals surface area contributed by atoms with Gasteiger partial charge in [-0.3, -0.25) is 9.59 Å². The van der Waals surface area contributed by atoms with E-state index in [0.29, 0.717) is 0 Å². The van der Waals surface area contributed by atoms with E-state index in [0.717, 1.165) is 11.1 Å². The molecule has 8 nitrogen and oxygen atoms in total. The molecule has 1 aromatic heterocycles. The first kappa shape index (κ1) is 26.8. The number of rotatable bonds is 9. The number of halogens is 1. The second-order valence-electron chi connectivity index (χ2n) is 8.39. The zero-order chi connectivity index (χ0) is 25.6. The van der Waals surface area contributed by atoms with Crippen molar-refractivity contribution in [1.82, 2.24) is 10.3 Å². The molecule has 0 saturated heterocycles. The molecule has 0 aliphatic rings. The van der Waals surface area contributed by atoms with Gasteiger partial charge in [-0.25, -0.2) is 14.2 Å². The average Bonchev–Trinajstić information content (AvgIpc) is 2.74. The molecule has 3 atom stereocenters. The van der Waals surface area contributed by atoms with E-state index < -0.39 is 30.0 Å². The Hall–Kier alpha value is -3.49. The molecule has 184 valence electrons. The van der Waals surface area contributed by atoms with E-state index in [-0.39, 0.29) is 34.8 Å². The van der Waals surface area contributed by atoms with Crippen molar-refractivity contribution in [2.75, 3.05) is 7.11 Å². The molecule has 0 aliphatic carbocycles. The van der Waals surface area contributed by atoms with E-state index in [9.17, 15) is 18.8 Å². The van der Waals surface area contributed by atoms with E-state index >= 15 is 0 Å². The molecule has 2 rings (SSSR count). The number of nitrogens with one attached hydrogen (secondary N) is 1. The van der Waals surface area contributed by atoms with Gasteiger partial charge in [-0.05, 0) is 49.9 Å². The first-order valence-electron chi connectivity index (χ1n) is 10.9. The van der Waals surface area contributed by atoms with E-state index in [1.165, 1.54) is 45.4 Å². The van der Waals surface area contributed by atoms with Crippen LogP contribution in [0.5, 0.6) is 11.5 Å². The highest BCUT2D eigenvalue weighted by Gasteiger charge is 2.30. The zero-order valence-corrected chi connectivity index (χ0v) is 20.5. The van der Waals surface area contributed by atoms with Gasteiger partial charge in [0, 0.05) is 25.1 Å². The minimum Gasteiger partial charge on any atom is -0.493 e. The molecule has 2 aromatic rings. The fourth-order valence-corrected chi connectivity index (χ4v) is 3.84. The minimum absolute atomic E-state index is 0.101. The first-order chi connectivity index (χ1) is 16.0. The Kier molecular flexibility index (Phi) is 9.11. The van der Waals surface area contributed by atoms with Crippen LogP contribution >= 0.6 is 0 Å². The van der Waals surface area contributed by atoms with Crippen molar-refractivity contribution >= 4 is 17.8 Å². The van der Waals surface area contributed by atoms with Gasteiger partial charge in [-0.1, -0.05) is 19.9 Å². The van der Waals surface area contributed by atoms with Crippen LogP contribution < -0.4 is 14.8 Å². The van der Waals surface area contributed by atoms with Crippen LogP contribution in [0.25, 0.3) is 0 Å². The van der Waals surface area contributed by atoms with Crippen LogP contribution in [0.2, 0.25) is 0 Å². The normalized spacial score (nSPS) is 13.6. The van der Waals surface area contributed by atoms with Crippen molar-refractivity contribution in [3.8, 4) is 11.5 Å². The van der Waals surface area contributed by atoms with Crippen molar-refractivity contribution in [2.45, 2.75) is 59.6 Å². The summed E-state index contributed by atoms with van der Waals surface area (Å²) in [5, 5.41) is 2.52. The van der Waals surface area contributed by atoms with E-state index in [1.807, 2.05) is 20.8 Å². The number of aromatic nitrogens is 1. The minimum atomic E-state index is -1.02.